The first-order valence-corrected chi connectivity index (χ1v) is 10.9. The molecule has 0 bridgehead atoms. The number of aryl methyl sites for hydroxylation is 2. The van der Waals surface area contributed by atoms with Crippen LogP contribution in [-0.2, 0) is 13.0 Å². The molecule has 0 aliphatic carbocycles. The summed E-state index contributed by atoms with van der Waals surface area (Å²) >= 11 is 0. The molecule has 5 rings (SSSR count). The fourth-order valence-corrected chi connectivity index (χ4v) is 4.29. The first-order valence-electron chi connectivity index (χ1n) is 10.9. The minimum Gasteiger partial charge on any atom is -0.323 e. The lowest BCUT2D eigenvalue weighted by molar-refractivity contribution is 0.722. The molecule has 1 radical (unpaired) electrons. The van der Waals surface area contributed by atoms with E-state index < -0.39 is 0 Å². The van der Waals surface area contributed by atoms with Gasteiger partial charge in [0.2, 0.25) is 0 Å². The topological polar surface area (TPSA) is 72.3 Å². The van der Waals surface area contributed by atoms with E-state index in [0.29, 0.717) is 5.82 Å². The second-order valence-corrected chi connectivity index (χ2v) is 8.14. The lowest BCUT2D eigenvalue weighted by Gasteiger charge is -2.11. The van der Waals surface area contributed by atoms with Gasteiger partial charge in [0.1, 0.15) is 5.82 Å². The van der Waals surface area contributed by atoms with Crippen LogP contribution < -0.4 is 0 Å². The van der Waals surface area contributed by atoms with Gasteiger partial charge in [-0.1, -0.05) is 61.5 Å². The van der Waals surface area contributed by atoms with Crippen molar-refractivity contribution < 1.29 is 0 Å². The summed E-state index contributed by atoms with van der Waals surface area (Å²) in [6.07, 6.45) is 2.02. The normalized spacial score (nSPS) is 11.3. The average molecular weight is 422 g/mol. The molecule has 0 saturated heterocycles. The van der Waals surface area contributed by atoms with Gasteiger partial charge < -0.3 is 4.57 Å². The number of rotatable bonds is 6. The number of H-pyrrole nitrogens is 1. The van der Waals surface area contributed by atoms with Gasteiger partial charge in [-0.3, -0.25) is 0 Å². The van der Waals surface area contributed by atoms with Crippen molar-refractivity contribution in [1.29, 1.82) is 0 Å². The van der Waals surface area contributed by atoms with Crippen LogP contribution >= 0.6 is 0 Å². The molecule has 0 aliphatic heterocycles. The van der Waals surface area contributed by atoms with Crippen LogP contribution in [0.3, 0.4) is 0 Å². The maximum atomic E-state index is 4.96. The second kappa shape index (κ2) is 8.38. The van der Waals surface area contributed by atoms with Gasteiger partial charge in [-0.15, -0.1) is 5.10 Å². The molecule has 3 aromatic carbocycles. The van der Waals surface area contributed by atoms with E-state index in [1.165, 1.54) is 11.1 Å². The number of benzene rings is 3. The van der Waals surface area contributed by atoms with E-state index in [-0.39, 0.29) is 0 Å². The fourth-order valence-electron chi connectivity index (χ4n) is 4.29. The van der Waals surface area contributed by atoms with Crippen molar-refractivity contribution in [3.63, 3.8) is 0 Å². The Bertz CT molecular complexity index is 1360. The molecule has 0 amide bonds. The van der Waals surface area contributed by atoms with Gasteiger partial charge in [-0.05, 0) is 64.6 Å². The Kier molecular flexibility index (Phi) is 5.27. The Balaban J connectivity index is 1.51. The van der Waals surface area contributed by atoms with E-state index in [1.807, 2.05) is 18.2 Å². The van der Waals surface area contributed by atoms with Crippen molar-refractivity contribution in [2.75, 3.05) is 0 Å². The van der Waals surface area contributed by atoms with E-state index in [0.717, 1.165) is 58.5 Å². The van der Waals surface area contributed by atoms with Crippen LogP contribution in [0.25, 0.3) is 33.5 Å². The third-order valence-electron chi connectivity index (χ3n) is 5.79. The van der Waals surface area contributed by atoms with Gasteiger partial charge in [0.05, 0.1) is 11.0 Å². The molecule has 2 aromatic heterocycles. The third kappa shape index (κ3) is 3.68. The molecule has 32 heavy (non-hydrogen) atoms. The summed E-state index contributed by atoms with van der Waals surface area (Å²) in [6, 6.07) is 21.1. The van der Waals surface area contributed by atoms with Gasteiger partial charge in [-0.25, -0.2) is 10.1 Å². The van der Waals surface area contributed by atoms with E-state index in [9.17, 15) is 0 Å². The van der Waals surface area contributed by atoms with Crippen LogP contribution in [0.15, 0.2) is 60.7 Å². The summed E-state index contributed by atoms with van der Waals surface area (Å²) in [6.45, 7) is 9.24. The summed E-state index contributed by atoms with van der Waals surface area (Å²) < 4.78 is 2.34. The number of imidazole rings is 1. The number of hydrogen-bond acceptors (Lipinski definition) is 4. The van der Waals surface area contributed by atoms with Crippen LogP contribution in [0.2, 0.25) is 0 Å². The molecular weight excluding hydrogens is 396 g/mol. The maximum Gasteiger partial charge on any atom is 0.180 e. The van der Waals surface area contributed by atoms with Crippen molar-refractivity contribution in [2.24, 2.45) is 0 Å². The summed E-state index contributed by atoms with van der Waals surface area (Å²) in [5.41, 5.74) is 8.87. The molecule has 2 heterocycles. The fraction of sp³-hybridized carbons (Fsp3) is 0.192. The van der Waals surface area contributed by atoms with E-state index >= 15 is 0 Å². The first kappa shape index (κ1) is 20.1. The SMILES string of the molecule is [CH2]c1cc(C)c2nc(CCC)n(Cc3ccc(-c4ccccc4-c4nnn[nH]4)cc3)c2c1. The highest BCUT2D eigenvalue weighted by molar-refractivity contribution is 5.81. The van der Waals surface area contributed by atoms with E-state index in [1.54, 1.807) is 0 Å². The zero-order chi connectivity index (χ0) is 22.1. The van der Waals surface area contributed by atoms with Gasteiger partial charge in [-0.2, -0.15) is 0 Å². The number of nitrogens with one attached hydrogen (secondary N) is 1. The number of hydrogen-bond donors (Lipinski definition) is 1. The highest BCUT2D eigenvalue weighted by Gasteiger charge is 2.14. The molecule has 0 aliphatic rings. The number of fused-ring (bicyclic) bond motifs is 1. The molecular formula is C26H25N6. The van der Waals surface area contributed by atoms with Crippen molar-refractivity contribution in [2.45, 2.75) is 33.2 Å². The molecule has 0 spiro atoms. The molecule has 0 fully saturated rings. The van der Waals surface area contributed by atoms with Gasteiger partial charge >= 0.3 is 0 Å². The van der Waals surface area contributed by atoms with Crippen molar-refractivity contribution in [3.05, 3.63) is 90.1 Å². The van der Waals surface area contributed by atoms with E-state index in [2.05, 4.69) is 88.4 Å². The Morgan fingerprint density at radius 2 is 1.78 bits per heavy atom. The standard InChI is InChI=1S/C26H25N6/c1-4-7-24-27-25-18(3)14-17(2)15-23(25)32(24)16-19-10-12-20(13-11-19)21-8-5-6-9-22(21)26-28-30-31-29-26/h5-6,8-15H,2,4,7,16H2,1,3H3,(H,28,29,30,31). The van der Waals surface area contributed by atoms with Crippen molar-refractivity contribution in [1.82, 2.24) is 30.2 Å². The molecule has 6 nitrogen and oxygen atoms in total. The predicted octanol–water partition coefficient (Wildman–Crippen LogP) is 5.37. The van der Waals surface area contributed by atoms with Crippen LogP contribution in [0.4, 0.5) is 0 Å². The summed E-state index contributed by atoms with van der Waals surface area (Å²) in [7, 11) is 0. The molecule has 5 aromatic rings. The highest BCUT2D eigenvalue weighted by Crippen LogP contribution is 2.30. The summed E-state index contributed by atoms with van der Waals surface area (Å²) in [4.78, 5) is 4.96. The van der Waals surface area contributed by atoms with Crippen LogP contribution in [-0.4, -0.2) is 30.2 Å². The van der Waals surface area contributed by atoms with Gasteiger partial charge in [0.25, 0.3) is 0 Å². The molecule has 0 saturated carbocycles. The van der Waals surface area contributed by atoms with Gasteiger partial charge in [0, 0.05) is 18.5 Å². The number of aromatic nitrogens is 6. The third-order valence-corrected chi connectivity index (χ3v) is 5.79. The lowest BCUT2D eigenvalue weighted by atomic mass is 9.98. The Labute approximate surface area is 187 Å². The van der Waals surface area contributed by atoms with Crippen LogP contribution in [0.5, 0.6) is 0 Å². The Hall–Kier alpha value is -3.80. The molecule has 1 N–H and O–H groups in total. The van der Waals surface area contributed by atoms with Gasteiger partial charge in [0.15, 0.2) is 5.82 Å². The quantitative estimate of drug-likeness (QED) is 0.400. The average Bonchev–Trinajstić information content (AvgIpc) is 3.44. The second-order valence-electron chi connectivity index (χ2n) is 8.14. The largest absolute Gasteiger partial charge is 0.323 e. The Morgan fingerprint density at radius 3 is 2.50 bits per heavy atom. The minimum absolute atomic E-state index is 0.665. The minimum atomic E-state index is 0.665. The number of nitrogens with zero attached hydrogens (tertiary/aromatic N) is 5. The van der Waals surface area contributed by atoms with Crippen molar-refractivity contribution >= 4 is 11.0 Å². The van der Waals surface area contributed by atoms with Crippen LogP contribution in [0.1, 0.15) is 35.9 Å². The molecule has 0 atom stereocenters. The first-order chi connectivity index (χ1) is 15.6. The monoisotopic (exact) mass is 421 g/mol. The highest BCUT2D eigenvalue weighted by atomic mass is 15.5. The maximum absolute atomic E-state index is 4.96. The van der Waals surface area contributed by atoms with E-state index in [4.69, 9.17) is 4.98 Å². The lowest BCUT2D eigenvalue weighted by Crippen LogP contribution is -2.05. The number of tetrazole rings is 1. The molecule has 6 heteroatoms. The number of aromatic amines is 1. The Morgan fingerprint density at radius 1 is 1.00 bits per heavy atom. The zero-order valence-electron chi connectivity index (χ0n) is 18.3. The summed E-state index contributed by atoms with van der Waals surface area (Å²) in [5.74, 6) is 1.79. The molecule has 159 valence electrons. The zero-order valence-corrected chi connectivity index (χ0v) is 18.3. The molecule has 0 unspecified atom stereocenters. The summed E-state index contributed by atoms with van der Waals surface area (Å²) in [5, 5.41) is 14.4. The smallest absolute Gasteiger partial charge is 0.180 e. The van der Waals surface area contributed by atoms with Crippen molar-refractivity contribution in [3.8, 4) is 22.5 Å². The predicted molar refractivity (Wildman–Crippen MR) is 127 cm³/mol. The van der Waals surface area contributed by atoms with Crippen LogP contribution in [0, 0.1) is 13.8 Å².